The van der Waals surface area contributed by atoms with Crippen molar-refractivity contribution in [1.29, 1.82) is 0 Å². The Balaban J connectivity index is 2.04. The van der Waals surface area contributed by atoms with Crippen molar-refractivity contribution in [2.24, 2.45) is 0 Å². The Morgan fingerprint density at radius 1 is 1.10 bits per heavy atom. The average molecular weight is 286 g/mol. The van der Waals surface area contributed by atoms with Gasteiger partial charge in [0.05, 0.1) is 10.6 Å². The fourth-order valence-corrected chi connectivity index (χ4v) is 2.25. The highest BCUT2D eigenvalue weighted by Crippen LogP contribution is 2.30. The van der Waals surface area contributed by atoms with E-state index in [1.807, 2.05) is 43.3 Å². The molecule has 0 spiro atoms. The van der Waals surface area contributed by atoms with Crippen molar-refractivity contribution >= 4 is 17.3 Å². The first-order valence-electron chi connectivity index (χ1n) is 6.10. The van der Waals surface area contributed by atoms with Gasteiger partial charge in [-0.1, -0.05) is 35.0 Å². The van der Waals surface area contributed by atoms with Crippen LogP contribution in [-0.4, -0.2) is 10.1 Å². The summed E-state index contributed by atoms with van der Waals surface area (Å²) in [5.41, 5.74) is 9.04. The summed E-state index contributed by atoms with van der Waals surface area (Å²) in [6.45, 7) is 1.97. The molecule has 0 aliphatic rings. The van der Waals surface area contributed by atoms with Crippen LogP contribution in [0.5, 0.6) is 0 Å². The first-order valence-corrected chi connectivity index (χ1v) is 6.48. The second-order valence-corrected chi connectivity index (χ2v) is 4.90. The highest BCUT2D eigenvalue weighted by Gasteiger charge is 2.14. The van der Waals surface area contributed by atoms with Gasteiger partial charge in [-0.2, -0.15) is 4.98 Å². The highest BCUT2D eigenvalue weighted by atomic mass is 35.5. The number of rotatable bonds is 2. The number of hydrogen-bond acceptors (Lipinski definition) is 4. The molecule has 0 aliphatic heterocycles. The molecule has 0 amide bonds. The van der Waals surface area contributed by atoms with E-state index in [0.717, 1.165) is 11.1 Å². The van der Waals surface area contributed by atoms with E-state index in [1.165, 1.54) is 0 Å². The van der Waals surface area contributed by atoms with Crippen LogP contribution in [0.25, 0.3) is 22.8 Å². The van der Waals surface area contributed by atoms with Gasteiger partial charge in [-0.05, 0) is 36.8 Å². The molecule has 2 N–H and O–H groups in total. The molecule has 20 heavy (non-hydrogen) atoms. The molecule has 5 heteroatoms. The summed E-state index contributed by atoms with van der Waals surface area (Å²) in [5.74, 6) is 0.836. The lowest BCUT2D eigenvalue weighted by molar-refractivity contribution is 0.432. The summed E-state index contributed by atoms with van der Waals surface area (Å²) < 4.78 is 5.28. The second kappa shape index (κ2) is 4.98. The molecule has 0 bridgehead atoms. The first-order chi connectivity index (χ1) is 9.65. The summed E-state index contributed by atoms with van der Waals surface area (Å²) in [5, 5.41) is 4.55. The van der Waals surface area contributed by atoms with Gasteiger partial charge < -0.3 is 10.3 Å². The van der Waals surface area contributed by atoms with Gasteiger partial charge in [0.1, 0.15) is 0 Å². The topological polar surface area (TPSA) is 64.9 Å². The van der Waals surface area contributed by atoms with E-state index in [1.54, 1.807) is 6.07 Å². The van der Waals surface area contributed by atoms with E-state index in [2.05, 4.69) is 10.1 Å². The maximum Gasteiger partial charge on any atom is 0.259 e. The summed E-state index contributed by atoms with van der Waals surface area (Å²) in [7, 11) is 0. The Morgan fingerprint density at radius 3 is 2.65 bits per heavy atom. The Morgan fingerprint density at radius 2 is 1.90 bits per heavy atom. The van der Waals surface area contributed by atoms with Gasteiger partial charge in [-0.15, -0.1) is 0 Å². The van der Waals surface area contributed by atoms with Crippen LogP contribution < -0.4 is 5.73 Å². The number of nitrogens with two attached hydrogens (primary N) is 1. The average Bonchev–Trinajstić information content (AvgIpc) is 2.88. The molecule has 1 heterocycles. The molecule has 0 saturated heterocycles. The smallest absolute Gasteiger partial charge is 0.259 e. The molecule has 0 saturated carbocycles. The molecule has 0 unspecified atom stereocenters. The van der Waals surface area contributed by atoms with Crippen LogP contribution in [0.1, 0.15) is 5.56 Å². The lowest BCUT2D eigenvalue weighted by Gasteiger charge is -2.00. The third-order valence-electron chi connectivity index (χ3n) is 2.98. The van der Waals surface area contributed by atoms with Crippen LogP contribution in [0, 0.1) is 6.92 Å². The van der Waals surface area contributed by atoms with Crippen molar-refractivity contribution in [3.05, 3.63) is 53.1 Å². The summed E-state index contributed by atoms with van der Waals surface area (Å²) in [6.07, 6.45) is 0. The molecule has 0 atom stereocenters. The van der Waals surface area contributed by atoms with Crippen molar-refractivity contribution in [2.45, 2.75) is 6.92 Å². The number of hydrogen-bond donors (Lipinski definition) is 1. The zero-order valence-corrected chi connectivity index (χ0v) is 11.6. The summed E-state index contributed by atoms with van der Waals surface area (Å²) >= 11 is 6.20. The van der Waals surface area contributed by atoms with E-state index in [-0.39, 0.29) is 0 Å². The number of para-hydroxylation sites is 1. The lowest BCUT2D eigenvalue weighted by Crippen LogP contribution is -1.90. The number of benzene rings is 2. The molecule has 0 radical (unpaired) electrons. The molecular weight excluding hydrogens is 274 g/mol. The monoisotopic (exact) mass is 285 g/mol. The van der Waals surface area contributed by atoms with Gasteiger partial charge in [0, 0.05) is 11.3 Å². The van der Waals surface area contributed by atoms with Gasteiger partial charge >= 0.3 is 0 Å². The Hall–Kier alpha value is -2.33. The molecule has 1 aromatic heterocycles. The second-order valence-electron chi connectivity index (χ2n) is 4.49. The third kappa shape index (κ3) is 2.26. The number of halogens is 1. The molecule has 4 nitrogen and oxygen atoms in total. The predicted molar refractivity (Wildman–Crippen MR) is 79.3 cm³/mol. The van der Waals surface area contributed by atoms with Crippen LogP contribution in [0.2, 0.25) is 5.02 Å². The summed E-state index contributed by atoms with van der Waals surface area (Å²) in [6, 6.07) is 13.0. The third-order valence-corrected chi connectivity index (χ3v) is 3.30. The standard InChI is InChI=1S/C15H12ClN3O/c1-9-6-7-10(12(16)8-9)15-18-14(19-20-15)11-4-2-3-5-13(11)17/h2-8H,17H2,1H3. The number of nitrogens with zero attached hydrogens (tertiary/aromatic N) is 2. The van der Waals surface area contributed by atoms with E-state index in [9.17, 15) is 0 Å². The van der Waals surface area contributed by atoms with Crippen molar-refractivity contribution in [2.75, 3.05) is 5.73 Å². The van der Waals surface area contributed by atoms with E-state index in [0.29, 0.717) is 28.0 Å². The van der Waals surface area contributed by atoms with Gasteiger partial charge in [0.15, 0.2) is 0 Å². The Labute approximate surface area is 121 Å². The van der Waals surface area contributed by atoms with E-state index in [4.69, 9.17) is 21.9 Å². The number of aryl methyl sites for hydroxylation is 1. The van der Waals surface area contributed by atoms with Crippen LogP contribution in [0.15, 0.2) is 47.0 Å². The van der Waals surface area contributed by atoms with Crippen molar-refractivity contribution in [3.63, 3.8) is 0 Å². The predicted octanol–water partition coefficient (Wildman–Crippen LogP) is 3.95. The highest BCUT2D eigenvalue weighted by molar-refractivity contribution is 6.33. The molecule has 3 aromatic rings. The van der Waals surface area contributed by atoms with Gasteiger partial charge in [0.2, 0.25) is 5.82 Å². The Bertz CT molecular complexity index is 767. The minimum absolute atomic E-state index is 0.383. The molecule has 2 aromatic carbocycles. The van der Waals surface area contributed by atoms with E-state index >= 15 is 0 Å². The van der Waals surface area contributed by atoms with Crippen LogP contribution >= 0.6 is 11.6 Å². The van der Waals surface area contributed by atoms with Gasteiger partial charge in [-0.3, -0.25) is 0 Å². The quantitative estimate of drug-likeness (QED) is 0.724. The number of anilines is 1. The van der Waals surface area contributed by atoms with Crippen molar-refractivity contribution < 1.29 is 4.52 Å². The molecular formula is C15H12ClN3O. The lowest BCUT2D eigenvalue weighted by atomic mass is 10.1. The minimum atomic E-state index is 0.383. The summed E-state index contributed by atoms with van der Waals surface area (Å²) in [4.78, 5) is 4.36. The Kier molecular flexibility index (Phi) is 3.16. The zero-order valence-electron chi connectivity index (χ0n) is 10.8. The number of aromatic nitrogens is 2. The number of nitrogen functional groups attached to an aromatic ring is 1. The molecule has 0 aliphatic carbocycles. The maximum absolute atomic E-state index is 6.20. The van der Waals surface area contributed by atoms with Crippen molar-refractivity contribution in [3.8, 4) is 22.8 Å². The normalized spacial score (nSPS) is 10.7. The van der Waals surface area contributed by atoms with Crippen molar-refractivity contribution in [1.82, 2.24) is 10.1 Å². The zero-order chi connectivity index (χ0) is 14.1. The SMILES string of the molecule is Cc1ccc(-c2nc(-c3ccccc3N)no2)c(Cl)c1. The van der Waals surface area contributed by atoms with Gasteiger partial charge in [-0.25, -0.2) is 0 Å². The van der Waals surface area contributed by atoms with Gasteiger partial charge in [0.25, 0.3) is 5.89 Å². The fourth-order valence-electron chi connectivity index (χ4n) is 1.94. The molecule has 100 valence electrons. The van der Waals surface area contributed by atoms with Crippen LogP contribution in [-0.2, 0) is 0 Å². The van der Waals surface area contributed by atoms with Crippen LogP contribution in [0.3, 0.4) is 0 Å². The molecule has 3 rings (SSSR count). The largest absolute Gasteiger partial charge is 0.398 e. The fraction of sp³-hybridized carbons (Fsp3) is 0.0667. The minimum Gasteiger partial charge on any atom is -0.398 e. The maximum atomic E-state index is 6.20. The first kappa shape index (κ1) is 12.7. The molecule has 0 fully saturated rings. The van der Waals surface area contributed by atoms with Crippen LogP contribution in [0.4, 0.5) is 5.69 Å². The van der Waals surface area contributed by atoms with E-state index < -0.39 is 0 Å².